The zero-order valence-electron chi connectivity index (χ0n) is 16.0. The Morgan fingerprint density at radius 1 is 1.00 bits per heavy atom. The lowest BCUT2D eigenvalue weighted by atomic mass is 9.80. The molecule has 2 unspecified atom stereocenters. The SMILES string of the molecule is O=C(c1c(F)cc(F)cc1F)C1CC2COCC(C1)N2C(=O)OCc1ccccc1. The zero-order chi connectivity index (χ0) is 21.3. The fourth-order valence-electron chi connectivity index (χ4n) is 4.20. The van der Waals surface area contributed by atoms with Crippen LogP contribution < -0.4 is 0 Å². The van der Waals surface area contributed by atoms with Gasteiger partial charge in [0.15, 0.2) is 5.78 Å². The van der Waals surface area contributed by atoms with Crippen molar-refractivity contribution in [3.63, 3.8) is 0 Å². The van der Waals surface area contributed by atoms with Crippen LogP contribution in [0.5, 0.6) is 0 Å². The molecule has 2 aliphatic heterocycles. The predicted octanol–water partition coefficient (Wildman–Crippen LogP) is 4.10. The molecule has 4 rings (SSSR count). The number of Topliss-reactive ketones (excluding diaryl/α,β-unsaturated/α-hetero) is 1. The second-order valence-corrected chi connectivity index (χ2v) is 7.57. The summed E-state index contributed by atoms with van der Waals surface area (Å²) < 4.78 is 52.2. The molecule has 0 spiro atoms. The minimum Gasteiger partial charge on any atom is -0.445 e. The molecular formula is C22H20F3NO4. The van der Waals surface area contributed by atoms with E-state index < -0.39 is 52.9 Å². The van der Waals surface area contributed by atoms with E-state index in [1.807, 2.05) is 30.3 Å². The van der Waals surface area contributed by atoms with E-state index >= 15 is 0 Å². The van der Waals surface area contributed by atoms with Crippen molar-refractivity contribution in [3.05, 3.63) is 71.0 Å². The molecule has 1 amide bonds. The molecule has 158 valence electrons. The smallest absolute Gasteiger partial charge is 0.410 e. The molecule has 2 heterocycles. The van der Waals surface area contributed by atoms with Crippen molar-refractivity contribution < 1.29 is 32.2 Å². The zero-order valence-corrected chi connectivity index (χ0v) is 16.0. The molecule has 2 bridgehead atoms. The number of hydrogen-bond donors (Lipinski definition) is 0. The van der Waals surface area contributed by atoms with E-state index in [2.05, 4.69) is 0 Å². The van der Waals surface area contributed by atoms with Crippen LogP contribution in [0, 0.1) is 23.4 Å². The Kier molecular flexibility index (Phi) is 5.76. The summed E-state index contributed by atoms with van der Waals surface area (Å²) in [5.41, 5.74) is 0.111. The van der Waals surface area contributed by atoms with Crippen molar-refractivity contribution in [1.82, 2.24) is 4.90 Å². The summed E-state index contributed by atoms with van der Waals surface area (Å²) in [5.74, 6) is -4.94. The van der Waals surface area contributed by atoms with Crippen molar-refractivity contribution >= 4 is 11.9 Å². The average Bonchev–Trinajstić information content (AvgIpc) is 2.71. The number of piperidine rings is 1. The van der Waals surface area contributed by atoms with Crippen LogP contribution in [0.1, 0.15) is 28.8 Å². The van der Waals surface area contributed by atoms with Gasteiger partial charge in [0.1, 0.15) is 24.1 Å². The molecule has 2 aromatic rings. The summed E-state index contributed by atoms with van der Waals surface area (Å²) in [6.45, 7) is 0.523. The number of morpholine rings is 1. The van der Waals surface area contributed by atoms with E-state index in [1.165, 1.54) is 0 Å². The van der Waals surface area contributed by atoms with Gasteiger partial charge in [-0.05, 0) is 18.4 Å². The number of rotatable bonds is 4. The molecule has 5 nitrogen and oxygen atoms in total. The van der Waals surface area contributed by atoms with Gasteiger partial charge in [-0.25, -0.2) is 18.0 Å². The monoisotopic (exact) mass is 419 g/mol. The van der Waals surface area contributed by atoms with Crippen molar-refractivity contribution in [3.8, 4) is 0 Å². The van der Waals surface area contributed by atoms with Crippen LogP contribution in [-0.2, 0) is 16.1 Å². The van der Waals surface area contributed by atoms with Crippen molar-refractivity contribution in [1.29, 1.82) is 0 Å². The molecule has 8 heteroatoms. The molecule has 0 N–H and O–H groups in total. The van der Waals surface area contributed by atoms with Crippen molar-refractivity contribution in [2.24, 2.45) is 5.92 Å². The van der Waals surface area contributed by atoms with Crippen LogP contribution in [0.2, 0.25) is 0 Å². The van der Waals surface area contributed by atoms with Crippen molar-refractivity contribution in [2.75, 3.05) is 13.2 Å². The molecule has 0 aromatic heterocycles. The number of benzene rings is 2. The van der Waals surface area contributed by atoms with E-state index in [0.29, 0.717) is 12.1 Å². The van der Waals surface area contributed by atoms with E-state index in [1.54, 1.807) is 4.90 Å². The van der Waals surface area contributed by atoms with Gasteiger partial charge in [-0.3, -0.25) is 9.69 Å². The van der Waals surface area contributed by atoms with Gasteiger partial charge < -0.3 is 9.47 Å². The van der Waals surface area contributed by atoms with Gasteiger partial charge in [0.2, 0.25) is 0 Å². The van der Waals surface area contributed by atoms with Crippen molar-refractivity contribution in [2.45, 2.75) is 31.5 Å². The Morgan fingerprint density at radius 2 is 1.60 bits per heavy atom. The van der Waals surface area contributed by atoms with E-state index in [-0.39, 0.29) is 32.7 Å². The largest absolute Gasteiger partial charge is 0.445 e. The maximum Gasteiger partial charge on any atom is 0.410 e. The third-order valence-corrected chi connectivity index (χ3v) is 5.56. The third-order valence-electron chi connectivity index (χ3n) is 5.56. The highest BCUT2D eigenvalue weighted by Crippen LogP contribution is 2.35. The summed E-state index contributed by atoms with van der Waals surface area (Å²) in [6, 6.07) is 9.34. The number of fused-ring (bicyclic) bond motifs is 2. The first-order valence-electron chi connectivity index (χ1n) is 9.69. The Labute approximate surface area is 171 Å². The lowest BCUT2D eigenvalue weighted by Crippen LogP contribution is -2.60. The summed E-state index contributed by atoms with van der Waals surface area (Å²) in [4.78, 5) is 27.0. The van der Waals surface area contributed by atoms with Crippen LogP contribution in [0.3, 0.4) is 0 Å². The van der Waals surface area contributed by atoms with Gasteiger partial charge in [0.25, 0.3) is 0 Å². The number of ketones is 1. The Hall–Kier alpha value is -2.87. The molecule has 0 saturated carbocycles. The van der Waals surface area contributed by atoms with Gasteiger partial charge in [0, 0.05) is 18.1 Å². The first-order valence-corrected chi connectivity index (χ1v) is 9.69. The van der Waals surface area contributed by atoms with Gasteiger partial charge in [-0.15, -0.1) is 0 Å². The molecule has 2 fully saturated rings. The second kappa shape index (κ2) is 8.47. The van der Waals surface area contributed by atoms with Gasteiger partial charge in [0.05, 0.1) is 30.9 Å². The molecule has 30 heavy (non-hydrogen) atoms. The fourth-order valence-corrected chi connectivity index (χ4v) is 4.20. The van der Waals surface area contributed by atoms with E-state index in [9.17, 15) is 22.8 Å². The van der Waals surface area contributed by atoms with Gasteiger partial charge in [-0.1, -0.05) is 30.3 Å². The average molecular weight is 419 g/mol. The van der Waals surface area contributed by atoms with Crippen LogP contribution in [-0.4, -0.2) is 42.1 Å². The highest BCUT2D eigenvalue weighted by atomic mass is 19.1. The minimum absolute atomic E-state index is 0.116. The van der Waals surface area contributed by atoms with Crippen LogP contribution in [0.15, 0.2) is 42.5 Å². The quantitative estimate of drug-likeness (QED) is 0.701. The predicted molar refractivity (Wildman–Crippen MR) is 100 cm³/mol. The standard InChI is InChI=1S/C22H20F3NO4/c23-15-8-18(24)20(19(25)9-15)21(27)14-6-16-11-29-12-17(7-14)26(16)22(28)30-10-13-4-2-1-3-5-13/h1-5,8-9,14,16-17H,6-7,10-12H2. The van der Waals surface area contributed by atoms with Crippen LogP contribution >= 0.6 is 0 Å². The van der Waals surface area contributed by atoms with E-state index in [4.69, 9.17) is 9.47 Å². The summed E-state index contributed by atoms with van der Waals surface area (Å²) in [5, 5.41) is 0. The van der Waals surface area contributed by atoms with Gasteiger partial charge >= 0.3 is 6.09 Å². The fraction of sp³-hybridized carbons (Fsp3) is 0.364. The van der Waals surface area contributed by atoms with Gasteiger partial charge in [-0.2, -0.15) is 0 Å². The molecule has 0 radical (unpaired) electrons. The Balaban J connectivity index is 1.47. The highest BCUT2D eigenvalue weighted by molar-refractivity contribution is 5.98. The number of amides is 1. The Morgan fingerprint density at radius 3 is 2.20 bits per heavy atom. The first-order chi connectivity index (χ1) is 14.4. The summed E-state index contributed by atoms with van der Waals surface area (Å²) >= 11 is 0. The van der Waals surface area contributed by atoms with Crippen LogP contribution in [0.25, 0.3) is 0 Å². The maximum atomic E-state index is 14.1. The topological polar surface area (TPSA) is 55.8 Å². The summed E-state index contributed by atoms with van der Waals surface area (Å²) in [7, 11) is 0. The highest BCUT2D eigenvalue weighted by Gasteiger charge is 2.45. The van der Waals surface area contributed by atoms with Crippen LogP contribution in [0.4, 0.5) is 18.0 Å². The number of carbonyl (C=O) groups excluding carboxylic acids is 2. The molecule has 2 atom stereocenters. The number of nitrogens with zero attached hydrogens (tertiary/aromatic N) is 1. The molecule has 0 aliphatic carbocycles. The van der Waals surface area contributed by atoms with E-state index in [0.717, 1.165) is 5.56 Å². The molecular weight excluding hydrogens is 399 g/mol. The number of carbonyl (C=O) groups is 2. The minimum atomic E-state index is -1.22. The number of hydrogen-bond acceptors (Lipinski definition) is 4. The maximum absolute atomic E-state index is 14.1. The lowest BCUT2D eigenvalue weighted by molar-refractivity contribution is -0.0756. The normalized spacial score (nSPS) is 23.2. The Bertz CT molecular complexity index is 916. The third kappa shape index (κ3) is 4.05. The second-order valence-electron chi connectivity index (χ2n) is 7.57. The summed E-state index contributed by atoms with van der Waals surface area (Å²) in [6.07, 6.45) is -0.139. The molecule has 2 aliphatic rings. The number of halogens is 3. The molecule has 2 saturated heterocycles. The lowest BCUT2D eigenvalue weighted by Gasteiger charge is -2.47. The molecule has 2 aromatic carbocycles. The number of ether oxygens (including phenoxy) is 2. The first kappa shape index (κ1) is 20.4.